The first-order valence-electron chi connectivity index (χ1n) is 5.66. The highest BCUT2D eigenvalue weighted by molar-refractivity contribution is 7.99. The molecule has 1 N–H and O–H groups in total. The maximum absolute atomic E-state index is 5.38. The minimum Gasteiger partial charge on any atom is -0.493 e. The molecule has 1 rings (SSSR count). The molecule has 0 aliphatic rings. The Hall–Kier alpha value is -0.870. The zero-order chi connectivity index (χ0) is 12.7. The molecule has 0 aliphatic heterocycles. The van der Waals surface area contributed by atoms with E-state index in [0.29, 0.717) is 5.25 Å². The van der Waals surface area contributed by atoms with E-state index in [1.54, 1.807) is 14.2 Å². The molecule has 0 fully saturated rings. The van der Waals surface area contributed by atoms with E-state index in [-0.39, 0.29) is 0 Å². The summed E-state index contributed by atoms with van der Waals surface area (Å²) in [5.74, 6) is 1.60. The molecule has 0 aliphatic carbocycles. The number of methoxy groups -OCH3 is 2. The van der Waals surface area contributed by atoms with E-state index in [9.17, 15) is 0 Å². The van der Waals surface area contributed by atoms with Crippen LogP contribution in [0.25, 0.3) is 0 Å². The van der Waals surface area contributed by atoms with Gasteiger partial charge >= 0.3 is 0 Å². The van der Waals surface area contributed by atoms with Gasteiger partial charge in [-0.15, -0.1) is 0 Å². The van der Waals surface area contributed by atoms with Crippen molar-refractivity contribution in [3.8, 4) is 11.5 Å². The van der Waals surface area contributed by atoms with Crippen LogP contribution in [0.5, 0.6) is 11.5 Å². The molecule has 1 atom stereocenters. The van der Waals surface area contributed by atoms with Crippen molar-refractivity contribution in [2.45, 2.75) is 18.7 Å². The molecule has 1 aromatic rings. The van der Waals surface area contributed by atoms with Gasteiger partial charge in [-0.1, -0.05) is 19.1 Å². The normalized spacial score (nSPS) is 12.2. The molecule has 0 heterocycles. The van der Waals surface area contributed by atoms with E-state index in [0.717, 1.165) is 30.2 Å². The second-order valence-corrected chi connectivity index (χ2v) is 5.11. The Morgan fingerprint density at radius 3 is 2.65 bits per heavy atom. The van der Waals surface area contributed by atoms with E-state index in [4.69, 9.17) is 9.47 Å². The molecule has 0 bridgehead atoms. The van der Waals surface area contributed by atoms with Gasteiger partial charge in [-0.25, -0.2) is 0 Å². The molecule has 17 heavy (non-hydrogen) atoms. The maximum atomic E-state index is 5.38. The van der Waals surface area contributed by atoms with Gasteiger partial charge in [0.2, 0.25) is 0 Å². The maximum Gasteiger partial charge on any atom is 0.165 e. The number of rotatable bonds is 7. The fraction of sp³-hybridized carbons (Fsp3) is 0.538. The highest BCUT2D eigenvalue weighted by Crippen LogP contribution is 2.30. The van der Waals surface area contributed by atoms with Crippen LogP contribution in [0.15, 0.2) is 18.2 Å². The topological polar surface area (TPSA) is 30.5 Å². The van der Waals surface area contributed by atoms with Crippen LogP contribution in [-0.4, -0.2) is 32.3 Å². The van der Waals surface area contributed by atoms with Crippen LogP contribution in [-0.2, 0) is 6.54 Å². The molecular weight excluding hydrogens is 234 g/mol. The van der Waals surface area contributed by atoms with Gasteiger partial charge in [0.05, 0.1) is 14.2 Å². The van der Waals surface area contributed by atoms with Crippen molar-refractivity contribution in [3.05, 3.63) is 23.8 Å². The summed E-state index contributed by atoms with van der Waals surface area (Å²) in [5, 5.41) is 4.04. The summed E-state index contributed by atoms with van der Waals surface area (Å²) < 4.78 is 10.6. The van der Waals surface area contributed by atoms with Crippen LogP contribution in [0, 0.1) is 0 Å². The molecule has 1 unspecified atom stereocenters. The zero-order valence-corrected chi connectivity index (χ0v) is 11.8. The number of hydrogen-bond donors (Lipinski definition) is 1. The predicted molar refractivity (Wildman–Crippen MR) is 74.2 cm³/mol. The van der Waals surface area contributed by atoms with Gasteiger partial charge in [-0.05, 0) is 12.3 Å². The lowest BCUT2D eigenvalue weighted by molar-refractivity contribution is 0.350. The van der Waals surface area contributed by atoms with Crippen LogP contribution in [0.1, 0.15) is 12.5 Å². The summed E-state index contributed by atoms with van der Waals surface area (Å²) in [5.41, 5.74) is 1.13. The van der Waals surface area contributed by atoms with Crippen molar-refractivity contribution in [2.75, 3.05) is 27.0 Å². The first-order valence-corrected chi connectivity index (χ1v) is 6.95. The Labute approximate surface area is 108 Å². The molecule has 3 nitrogen and oxygen atoms in total. The average molecular weight is 255 g/mol. The quantitative estimate of drug-likeness (QED) is 0.811. The Balaban J connectivity index is 2.64. The molecule has 96 valence electrons. The summed E-state index contributed by atoms with van der Waals surface area (Å²) in [6.45, 7) is 3.99. The number of para-hydroxylation sites is 1. The van der Waals surface area contributed by atoms with Gasteiger partial charge in [0.1, 0.15) is 0 Å². The van der Waals surface area contributed by atoms with Gasteiger partial charge < -0.3 is 14.8 Å². The van der Waals surface area contributed by atoms with Gasteiger partial charge in [0, 0.05) is 23.9 Å². The number of benzene rings is 1. The second-order valence-electron chi connectivity index (χ2n) is 3.83. The zero-order valence-electron chi connectivity index (χ0n) is 10.9. The lowest BCUT2D eigenvalue weighted by atomic mass is 10.2. The van der Waals surface area contributed by atoms with Crippen LogP contribution < -0.4 is 14.8 Å². The monoisotopic (exact) mass is 255 g/mol. The lowest BCUT2D eigenvalue weighted by Crippen LogP contribution is -2.22. The summed E-state index contributed by atoms with van der Waals surface area (Å²) in [7, 11) is 3.33. The van der Waals surface area contributed by atoms with Crippen molar-refractivity contribution in [2.24, 2.45) is 0 Å². The van der Waals surface area contributed by atoms with Gasteiger partial charge in [-0.2, -0.15) is 11.8 Å². The van der Waals surface area contributed by atoms with Crippen LogP contribution >= 0.6 is 11.8 Å². The first-order chi connectivity index (χ1) is 8.22. The van der Waals surface area contributed by atoms with E-state index in [1.807, 2.05) is 23.9 Å². The van der Waals surface area contributed by atoms with Gasteiger partial charge in [0.15, 0.2) is 11.5 Å². The SMILES string of the molecule is COc1cccc(CNCC(C)SC)c1OC. The van der Waals surface area contributed by atoms with Gasteiger partial charge in [-0.3, -0.25) is 0 Å². The molecule has 1 aromatic carbocycles. The Morgan fingerprint density at radius 2 is 2.06 bits per heavy atom. The standard InChI is InChI=1S/C13H21NO2S/c1-10(17-4)8-14-9-11-6-5-7-12(15-2)13(11)16-3/h5-7,10,14H,8-9H2,1-4H3. The van der Waals surface area contributed by atoms with Crippen molar-refractivity contribution in [3.63, 3.8) is 0 Å². The highest BCUT2D eigenvalue weighted by atomic mass is 32.2. The third-order valence-electron chi connectivity index (χ3n) is 2.63. The summed E-state index contributed by atoms with van der Waals surface area (Å²) in [6.07, 6.45) is 2.12. The first kappa shape index (κ1) is 14.2. The molecule has 0 aromatic heterocycles. The van der Waals surface area contributed by atoms with Crippen molar-refractivity contribution >= 4 is 11.8 Å². The van der Waals surface area contributed by atoms with Gasteiger partial charge in [0.25, 0.3) is 0 Å². The summed E-state index contributed by atoms with van der Waals surface area (Å²) in [4.78, 5) is 0. The molecule has 0 saturated carbocycles. The van der Waals surface area contributed by atoms with E-state index in [1.165, 1.54) is 0 Å². The largest absolute Gasteiger partial charge is 0.493 e. The number of nitrogens with one attached hydrogen (secondary N) is 1. The van der Waals surface area contributed by atoms with E-state index < -0.39 is 0 Å². The number of hydrogen-bond acceptors (Lipinski definition) is 4. The van der Waals surface area contributed by atoms with Crippen LogP contribution in [0.3, 0.4) is 0 Å². The Kier molecular flexibility index (Phi) is 6.22. The van der Waals surface area contributed by atoms with Crippen LogP contribution in [0.2, 0.25) is 0 Å². The van der Waals surface area contributed by atoms with Crippen LogP contribution in [0.4, 0.5) is 0 Å². The average Bonchev–Trinajstić information content (AvgIpc) is 2.37. The molecule has 0 saturated heterocycles. The predicted octanol–water partition coefficient (Wildman–Crippen LogP) is 2.54. The smallest absolute Gasteiger partial charge is 0.165 e. The third-order valence-corrected chi connectivity index (χ3v) is 3.61. The molecule has 0 spiro atoms. The Bertz CT molecular complexity index is 344. The molecule has 4 heteroatoms. The molecule has 0 radical (unpaired) electrons. The minimum atomic E-state index is 0.617. The summed E-state index contributed by atoms with van der Waals surface area (Å²) >= 11 is 1.86. The van der Waals surface area contributed by atoms with E-state index >= 15 is 0 Å². The summed E-state index contributed by atoms with van der Waals surface area (Å²) in [6, 6.07) is 5.95. The highest BCUT2D eigenvalue weighted by Gasteiger charge is 2.09. The second kappa shape index (κ2) is 7.45. The fourth-order valence-electron chi connectivity index (χ4n) is 1.59. The number of thioether (sulfide) groups is 1. The minimum absolute atomic E-state index is 0.617. The Morgan fingerprint density at radius 1 is 1.29 bits per heavy atom. The lowest BCUT2D eigenvalue weighted by Gasteiger charge is -2.14. The van der Waals surface area contributed by atoms with E-state index in [2.05, 4.69) is 24.6 Å². The molecule has 0 amide bonds. The third kappa shape index (κ3) is 4.13. The molecular formula is C13H21NO2S. The fourth-order valence-corrected chi connectivity index (χ4v) is 1.87. The van der Waals surface area contributed by atoms with Crippen molar-refractivity contribution < 1.29 is 9.47 Å². The van der Waals surface area contributed by atoms with Crippen molar-refractivity contribution in [1.29, 1.82) is 0 Å². The number of ether oxygens (including phenoxy) is 2. The van der Waals surface area contributed by atoms with Crippen molar-refractivity contribution in [1.82, 2.24) is 5.32 Å².